The summed E-state index contributed by atoms with van der Waals surface area (Å²) < 4.78 is 5.11. The first-order valence-corrected chi connectivity index (χ1v) is 9.12. The number of methoxy groups -OCH3 is 1. The first-order valence-electron chi connectivity index (χ1n) is 9.12. The summed E-state index contributed by atoms with van der Waals surface area (Å²) in [6, 6.07) is 2.04. The second-order valence-electron chi connectivity index (χ2n) is 7.16. The molecule has 1 N–H and O–H groups in total. The van der Waals surface area contributed by atoms with E-state index in [0.29, 0.717) is 25.5 Å². The number of ether oxygens (including phenoxy) is 1. The first-order chi connectivity index (χ1) is 12.1. The van der Waals surface area contributed by atoms with E-state index in [4.69, 9.17) is 14.7 Å². The topological polar surface area (TPSA) is 70.6 Å². The molecule has 7 heteroatoms. The van der Waals surface area contributed by atoms with Gasteiger partial charge in [-0.15, -0.1) is 0 Å². The van der Waals surface area contributed by atoms with Crippen LogP contribution in [0.15, 0.2) is 6.07 Å². The molecule has 0 saturated carbocycles. The second-order valence-corrected chi connectivity index (χ2v) is 7.16. The molecule has 7 nitrogen and oxygen atoms in total. The van der Waals surface area contributed by atoms with E-state index >= 15 is 0 Å². The third kappa shape index (κ3) is 4.27. The number of rotatable bonds is 6. The fraction of sp³-hybridized carbons (Fsp3) is 0.722. The average molecular weight is 347 g/mol. The molecule has 25 heavy (non-hydrogen) atoms. The van der Waals surface area contributed by atoms with Crippen LogP contribution in [0.2, 0.25) is 0 Å². The van der Waals surface area contributed by atoms with Gasteiger partial charge in [0.2, 0.25) is 5.91 Å². The summed E-state index contributed by atoms with van der Waals surface area (Å²) in [5, 5.41) is 3.39. The van der Waals surface area contributed by atoms with Crippen molar-refractivity contribution in [1.82, 2.24) is 20.2 Å². The van der Waals surface area contributed by atoms with Gasteiger partial charge in [-0.25, -0.2) is 9.97 Å². The van der Waals surface area contributed by atoms with Gasteiger partial charge in [-0.2, -0.15) is 0 Å². The molecule has 2 saturated heterocycles. The van der Waals surface area contributed by atoms with E-state index in [1.54, 1.807) is 7.11 Å². The fourth-order valence-corrected chi connectivity index (χ4v) is 3.56. The number of carbonyl (C=O) groups is 1. The Kier molecular flexibility index (Phi) is 5.86. The first kappa shape index (κ1) is 18.1. The van der Waals surface area contributed by atoms with Crippen LogP contribution in [0.4, 0.5) is 5.82 Å². The minimum Gasteiger partial charge on any atom is -0.383 e. The van der Waals surface area contributed by atoms with Gasteiger partial charge in [0.1, 0.15) is 11.6 Å². The van der Waals surface area contributed by atoms with Gasteiger partial charge in [0.05, 0.1) is 12.3 Å². The molecule has 138 valence electrons. The lowest BCUT2D eigenvalue weighted by Crippen LogP contribution is -2.29. The van der Waals surface area contributed by atoms with Crippen molar-refractivity contribution in [2.75, 3.05) is 58.9 Å². The summed E-state index contributed by atoms with van der Waals surface area (Å²) in [5.41, 5.74) is 1.00. The van der Waals surface area contributed by atoms with Crippen molar-refractivity contribution in [2.45, 2.75) is 31.1 Å². The molecule has 0 radical (unpaired) electrons. The Morgan fingerprint density at radius 3 is 2.72 bits per heavy atom. The minimum atomic E-state index is 0.145. The summed E-state index contributed by atoms with van der Waals surface area (Å²) >= 11 is 0. The number of amides is 1. The van der Waals surface area contributed by atoms with Crippen molar-refractivity contribution >= 4 is 11.7 Å². The molecule has 2 aliphatic rings. The molecule has 3 heterocycles. The van der Waals surface area contributed by atoms with E-state index in [1.807, 2.05) is 30.0 Å². The Hall–Kier alpha value is -1.73. The third-order valence-corrected chi connectivity index (χ3v) is 5.11. The van der Waals surface area contributed by atoms with Crippen LogP contribution in [0, 0.1) is 0 Å². The predicted octanol–water partition coefficient (Wildman–Crippen LogP) is 0.972. The van der Waals surface area contributed by atoms with Gasteiger partial charge in [-0.3, -0.25) is 4.79 Å². The zero-order chi connectivity index (χ0) is 17.8. The maximum atomic E-state index is 12.3. The Morgan fingerprint density at radius 2 is 2.04 bits per heavy atom. The molecule has 0 unspecified atom stereocenters. The lowest BCUT2D eigenvalue weighted by atomic mass is 9.96. The van der Waals surface area contributed by atoms with Crippen molar-refractivity contribution in [3.05, 3.63) is 17.6 Å². The Balaban J connectivity index is 1.82. The number of nitrogens with zero attached hydrogens (tertiary/aromatic N) is 4. The number of hydrogen-bond acceptors (Lipinski definition) is 6. The maximum absolute atomic E-state index is 12.3. The summed E-state index contributed by atoms with van der Waals surface area (Å²) in [6.07, 6.45) is 2.67. The molecular formula is C18H29N5O2. The molecule has 1 atom stereocenters. The van der Waals surface area contributed by atoms with Gasteiger partial charge in [0.25, 0.3) is 0 Å². The normalized spacial score (nSPS) is 21.8. The highest BCUT2D eigenvalue weighted by Crippen LogP contribution is 2.31. The van der Waals surface area contributed by atoms with Crippen LogP contribution in [0.1, 0.15) is 42.6 Å². The van der Waals surface area contributed by atoms with Gasteiger partial charge >= 0.3 is 0 Å². The molecule has 1 aromatic rings. The van der Waals surface area contributed by atoms with Gasteiger partial charge in [-0.05, 0) is 25.9 Å². The Morgan fingerprint density at radius 1 is 1.28 bits per heavy atom. The SMILES string of the molecule is COCCN1C[C@H](c2cc(N(C)C)nc(C3CCNCC3)n2)CC1=O. The number of nitrogens with one attached hydrogen (secondary N) is 1. The van der Waals surface area contributed by atoms with E-state index in [2.05, 4.69) is 5.32 Å². The van der Waals surface area contributed by atoms with Crippen LogP contribution in [0.3, 0.4) is 0 Å². The zero-order valence-electron chi connectivity index (χ0n) is 15.5. The van der Waals surface area contributed by atoms with Crippen molar-refractivity contribution < 1.29 is 9.53 Å². The fourth-order valence-electron chi connectivity index (χ4n) is 3.56. The van der Waals surface area contributed by atoms with Crippen molar-refractivity contribution in [3.63, 3.8) is 0 Å². The number of carbonyl (C=O) groups excluding carboxylic acids is 1. The number of hydrogen-bond donors (Lipinski definition) is 1. The molecule has 2 fully saturated rings. The molecule has 1 amide bonds. The number of piperidine rings is 1. The molecule has 3 rings (SSSR count). The smallest absolute Gasteiger partial charge is 0.223 e. The van der Waals surface area contributed by atoms with Crippen molar-refractivity contribution in [1.29, 1.82) is 0 Å². The summed E-state index contributed by atoms with van der Waals surface area (Å²) in [4.78, 5) is 25.9. The summed E-state index contributed by atoms with van der Waals surface area (Å²) in [6.45, 7) is 3.98. The van der Waals surface area contributed by atoms with Crippen LogP contribution >= 0.6 is 0 Å². The molecule has 0 spiro atoms. The van der Waals surface area contributed by atoms with Gasteiger partial charge in [-0.1, -0.05) is 0 Å². The highest BCUT2D eigenvalue weighted by atomic mass is 16.5. The van der Waals surface area contributed by atoms with Gasteiger partial charge in [0, 0.05) is 58.6 Å². The van der Waals surface area contributed by atoms with Crippen LogP contribution in [0.5, 0.6) is 0 Å². The lowest BCUT2D eigenvalue weighted by molar-refractivity contribution is -0.128. The number of aromatic nitrogens is 2. The lowest BCUT2D eigenvalue weighted by Gasteiger charge is -2.24. The largest absolute Gasteiger partial charge is 0.383 e. The summed E-state index contributed by atoms with van der Waals surface area (Å²) in [5.74, 6) is 2.61. The van der Waals surface area contributed by atoms with Crippen molar-refractivity contribution in [3.8, 4) is 0 Å². The van der Waals surface area contributed by atoms with Gasteiger partial charge < -0.3 is 19.9 Å². The average Bonchev–Trinajstić information content (AvgIpc) is 3.01. The van der Waals surface area contributed by atoms with Crippen LogP contribution in [-0.2, 0) is 9.53 Å². The number of likely N-dealkylation sites (tertiary alicyclic amines) is 1. The molecule has 1 aromatic heterocycles. The highest BCUT2D eigenvalue weighted by Gasteiger charge is 2.32. The molecular weight excluding hydrogens is 318 g/mol. The zero-order valence-corrected chi connectivity index (χ0v) is 15.5. The second kappa shape index (κ2) is 8.10. The van der Waals surface area contributed by atoms with E-state index in [1.165, 1.54) is 0 Å². The van der Waals surface area contributed by atoms with E-state index in [9.17, 15) is 4.79 Å². The van der Waals surface area contributed by atoms with E-state index in [-0.39, 0.29) is 11.8 Å². The monoisotopic (exact) mass is 347 g/mol. The standard InChI is InChI=1S/C18H29N5O2/c1-22(2)16-11-15(14-10-17(24)23(12-14)8-9-25-3)20-18(21-16)13-4-6-19-7-5-13/h11,13-14,19H,4-10,12H2,1-3H3/t14-/m1/s1. The maximum Gasteiger partial charge on any atom is 0.223 e. The summed E-state index contributed by atoms with van der Waals surface area (Å²) in [7, 11) is 5.67. The van der Waals surface area contributed by atoms with Crippen LogP contribution in [-0.4, -0.2) is 74.8 Å². The van der Waals surface area contributed by atoms with Crippen LogP contribution < -0.4 is 10.2 Å². The Labute approximate surface area is 149 Å². The quantitative estimate of drug-likeness (QED) is 0.827. The molecule has 2 aliphatic heterocycles. The molecule has 0 bridgehead atoms. The molecule has 0 aromatic carbocycles. The van der Waals surface area contributed by atoms with Crippen LogP contribution in [0.25, 0.3) is 0 Å². The number of anilines is 1. The Bertz CT molecular complexity index is 601. The molecule has 0 aliphatic carbocycles. The highest BCUT2D eigenvalue weighted by molar-refractivity contribution is 5.79. The minimum absolute atomic E-state index is 0.145. The van der Waals surface area contributed by atoms with E-state index < -0.39 is 0 Å². The third-order valence-electron chi connectivity index (χ3n) is 5.11. The van der Waals surface area contributed by atoms with Crippen molar-refractivity contribution in [2.24, 2.45) is 0 Å². The van der Waals surface area contributed by atoms with Gasteiger partial charge in [0.15, 0.2) is 0 Å². The predicted molar refractivity (Wildman–Crippen MR) is 97.0 cm³/mol. The van der Waals surface area contributed by atoms with E-state index in [0.717, 1.165) is 49.8 Å².